The van der Waals surface area contributed by atoms with Crippen molar-refractivity contribution in [3.63, 3.8) is 0 Å². The lowest BCUT2D eigenvalue weighted by molar-refractivity contribution is 0.667. The number of pyridine rings is 1. The molecule has 0 radical (unpaired) electrons. The van der Waals surface area contributed by atoms with Gasteiger partial charge in [-0.25, -0.2) is 9.98 Å². The molecule has 4 heterocycles. The average Bonchev–Trinajstić information content (AvgIpc) is 3.73. The van der Waals surface area contributed by atoms with E-state index in [-0.39, 0.29) is 0 Å². The van der Waals surface area contributed by atoms with E-state index in [1.54, 1.807) is 17.5 Å². The number of nitrogens with one attached hydrogen (secondary N) is 1. The molecule has 1 N–H and O–H groups in total. The maximum atomic E-state index is 6.47. The molecule has 5 nitrogen and oxygen atoms in total. The zero-order valence-electron chi connectivity index (χ0n) is 25.6. The molecule has 0 saturated heterocycles. The lowest BCUT2D eigenvalue weighted by Crippen LogP contribution is -2.36. The second kappa shape index (κ2) is 10.7. The standard InChI is InChI=1S/C42H26N4OS/c1-2-10-26(11-3-1)40-44-41(33-15-8-14-31-30-13-6-7-16-37(30)48-39(31)33)46-42(45-40)34-23-43-24-36-38(34)32-20-19-29(22-35(32)47-36)28-18-17-25-9-4-5-12-27(25)21-28/h1-24,41H,(H,44,45,46). The summed E-state index contributed by atoms with van der Waals surface area (Å²) in [6, 6.07) is 46.7. The number of nitrogens with zero attached hydrogens (tertiary/aromatic N) is 3. The Kier molecular flexibility index (Phi) is 6.04. The van der Waals surface area contributed by atoms with Crippen molar-refractivity contribution in [2.75, 3.05) is 0 Å². The smallest absolute Gasteiger partial charge is 0.171 e. The van der Waals surface area contributed by atoms with Gasteiger partial charge in [0.05, 0.1) is 6.20 Å². The third kappa shape index (κ3) is 4.34. The second-order valence-corrected chi connectivity index (χ2v) is 13.1. The number of hydrogen-bond donors (Lipinski definition) is 1. The van der Waals surface area contributed by atoms with Crippen molar-refractivity contribution < 1.29 is 4.42 Å². The number of benzene rings is 6. The first kappa shape index (κ1) is 27.0. The first-order chi connectivity index (χ1) is 23.8. The van der Waals surface area contributed by atoms with Crippen molar-refractivity contribution in [1.29, 1.82) is 0 Å². The van der Waals surface area contributed by atoms with E-state index in [4.69, 9.17) is 14.4 Å². The maximum Gasteiger partial charge on any atom is 0.171 e. The van der Waals surface area contributed by atoms with Crippen molar-refractivity contribution in [1.82, 2.24) is 10.3 Å². The van der Waals surface area contributed by atoms with Gasteiger partial charge in [-0.3, -0.25) is 4.98 Å². The van der Waals surface area contributed by atoms with Crippen LogP contribution in [0.2, 0.25) is 0 Å². The highest BCUT2D eigenvalue weighted by Gasteiger charge is 2.25. The van der Waals surface area contributed by atoms with Gasteiger partial charge < -0.3 is 9.73 Å². The molecule has 1 atom stereocenters. The van der Waals surface area contributed by atoms with Gasteiger partial charge in [0.15, 0.2) is 11.7 Å². The zero-order chi connectivity index (χ0) is 31.6. The Balaban J connectivity index is 1.14. The third-order valence-corrected chi connectivity index (χ3v) is 10.5. The Morgan fingerprint density at radius 2 is 1.33 bits per heavy atom. The summed E-state index contributed by atoms with van der Waals surface area (Å²) in [5.74, 6) is 1.48. The summed E-state index contributed by atoms with van der Waals surface area (Å²) in [4.78, 5) is 15.1. The van der Waals surface area contributed by atoms with E-state index in [0.29, 0.717) is 5.84 Å². The second-order valence-electron chi connectivity index (χ2n) is 12.1. The van der Waals surface area contributed by atoms with Crippen LogP contribution in [-0.2, 0) is 0 Å². The van der Waals surface area contributed by atoms with Gasteiger partial charge in [0.25, 0.3) is 0 Å². The molecular weight excluding hydrogens is 609 g/mol. The lowest BCUT2D eigenvalue weighted by Gasteiger charge is -2.23. The molecule has 226 valence electrons. The summed E-state index contributed by atoms with van der Waals surface area (Å²) in [6.07, 6.45) is 3.23. The fraction of sp³-hybridized carbons (Fsp3) is 0.0238. The fourth-order valence-electron chi connectivity index (χ4n) is 6.90. The number of aromatic nitrogens is 1. The van der Waals surface area contributed by atoms with E-state index in [1.165, 1.54) is 30.9 Å². The van der Waals surface area contributed by atoms with Gasteiger partial charge in [0.2, 0.25) is 0 Å². The van der Waals surface area contributed by atoms with Crippen LogP contribution < -0.4 is 5.32 Å². The maximum absolute atomic E-state index is 6.47. The molecule has 9 aromatic rings. The van der Waals surface area contributed by atoms with Crippen molar-refractivity contribution in [3.05, 3.63) is 163 Å². The summed E-state index contributed by atoms with van der Waals surface area (Å²) in [7, 11) is 0. The summed E-state index contributed by atoms with van der Waals surface area (Å²) >= 11 is 1.80. The largest absolute Gasteiger partial charge is 0.454 e. The van der Waals surface area contributed by atoms with E-state index >= 15 is 0 Å². The predicted molar refractivity (Wildman–Crippen MR) is 199 cm³/mol. The van der Waals surface area contributed by atoms with Gasteiger partial charge >= 0.3 is 0 Å². The number of fused-ring (bicyclic) bond motifs is 7. The van der Waals surface area contributed by atoms with E-state index in [1.807, 2.05) is 24.4 Å². The Hall–Kier alpha value is -6.11. The molecule has 0 bridgehead atoms. The van der Waals surface area contributed by atoms with Crippen LogP contribution in [-0.4, -0.2) is 16.7 Å². The van der Waals surface area contributed by atoms with Gasteiger partial charge in [-0.2, -0.15) is 0 Å². The van der Waals surface area contributed by atoms with Crippen LogP contribution in [0.15, 0.2) is 160 Å². The molecule has 1 unspecified atom stereocenters. The summed E-state index contributed by atoms with van der Waals surface area (Å²) < 4.78 is 8.94. The number of amidine groups is 2. The van der Waals surface area contributed by atoms with Gasteiger partial charge in [0, 0.05) is 53.8 Å². The molecule has 10 rings (SSSR count). The lowest BCUT2D eigenvalue weighted by atomic mass is 9.99. The Bertz CT molecular complexity index is 2780. The molecule has 1 aliphatic rings. The molecule has 48 heavy (non-hydrogen) atoms. The van der Waals surface area contributed by atoms with Crippen molar-refractivity contribution in [3.8, 4) is 11.1 Å². The Morgan fingerprint density at radius 1 is 0.562 bits per heavy atom. The first-order valence-electron chi connectivity index (χ1n) is 15.9. The van der Waals surface area contributed by atoms with Crippen molar-refractivity contribution in [2.45, 2.75) is 6.17 Å². The van der Waals surface area contributed by atoms with E-state index in [2.05, 4.69) is 126 Å². The normalized spacial score (nSPS) is 14.9. The van der Waals surface area contributed by atoms with Gasteiger partial charge in [-0.15, -0.1) is 11.3 Å². The minimum absolute atomic E-state index is 0.443. The van der Waals surface area contributed by atoms with Crippen molar-refractivity contribution >= 4 is 75.9 Å². The SMILES string of the molecule is c1ccc(C2=NC(c3cccc4c3sc3ccccc34)N=C(c3cncc4oc5cc(-c6ccc7ccccc7c6)ccc5c34)N2)cc1. The zero-order valence-corrected chi connectivity index (χ0v) is 26.4. The quantitative estimate of drug-likeness (QED) is 0.210. The molecule has 0 spiro atoms. The summed E-state index contributed by atoms with van der Waals surface area (Å²) in [5, 5.41) is 10.5. The summed E-state index contributed by atoms with van der Waals surface area (Å²) in [6.45, 7) is 0. The number of aliphatic imine (C=N–C) groups is 2. The molecular formula is C42H26N4OS. The number of rotatable bonds is 4. The third-order valence-electron chi connectivity index (χ3n) is 9.22. The number of thiophene rings is 1. The van der Waals surface area contributed by atoms with Crippen LogP contribution in [0.25, 0.3) is 64.0 Å². The average molecular weight is 635 g/mol. The van der Waals surface area contributed by atoms with Crippen LogP contribution in [0.1, 0.15) is 22.9 Å². The predicted octanol–water partition coefficient (Wildman–Crippen LogP) is 10.7. The number of furan rings is 1. The van der Waals surface area contributed by atoms with Gasteiger partial charge in [-0.1, -0.05) is 109 Å². The highest BCUT2D eigenvalue weighted by atomic mass is 32.1. The fourth-order valence-corrected chi connectivity index (χ4v) is 8.13. The van der Waals surface area contributed by atoms with E-state index in [0.717, 1.165) is 55.6 Å². The van der Waals surface area contributed by atoms with Gasteiger partial charge in [-0.05, 0) is 46.2 Å². The minimum atomic E-state index is -0.443. The van der Waals surface area contributed by atoms with Crippen LogP contribution in [0.5, 0.6) is 0 Å². The highest BCUT2D eigenvalue weighted by molar-refractivity contribution is 7.26. The Morgan fingerprint density at radius 3 is 2.27 bits per heavy atom. The molecule has 1 aliphatic heterocycles. The van der Waals surface area contributed by atoms with Crippen LogP contribution in [0.3, 0.4) is 0 Å². The molecule has 0 amide bonds. The highest BCUT2D eigenvalue weighted by Crippen LogP contribution is 2.40. The van der Waals surface area contributed by atoms with Gasteiger partial charge in [0.1, 0.15) is 17.3 Å². The topological polar surface area (TPSA) is 62.8 Å². The molecule has 0 fully saturated rings. The molecule has 0 aliphatic carbocycles. The van der Waals surface area contributed by atoms with Crippen LogP contribution >= 0.6 is 11.3 Å². The molecule has 0 saturated carbocycles. The summed E-state index contributed by atoms with van der Waals surface area (Å²) in [5.41, 5.74) is 6.73. The monoisotopic (exact) mass is 634 g/mol. The van der Waals surface area contributed by atoms with E-state index < -0.39 is 6.17 Å². The van der Waals surface area contributed by atoms with E-state index in [9.17, 15) is 0 Å². The number of hydrogen-bond acceptors (Lipinski definition) is 6. The van der Waals surface area contributed by atoms with Crippen LogP contribution in [0.4, 0.5) is 0 Å². The minimum Gasteiger partial charge on any atom is -0.454 e. The van der Waals surface area contributed by atoms with Crippen molar-refractivity contribution in [2.24, 2.45) is 9.98 Å². The molecule has 3 aromatic heterocycles. The van der Waals surface area contributed by atoms with Crippen LogP contribution in [0, 0.1) is 0 Å². The molecule has 6 heteroatoms. The first-order valence-corrected chi connectivity index (χ1v) is 16.8. The molecule has 6 aromatic carbocycles. The Labute approximate surface area is 279 Å².